The highest BCUT2D eigenvalue weighted by atomic mass is 19.4. The van der Waals surface area contributed by atoms with Crippen molar-refractivity contribution in [1.29, 1.82) is 0 Å². The Morgan fingerprint density at radius 1 is 1.39 bits per heavy atom. The molecule has 10 heteroatoms. The van der Waals surface area contributed by atoms with E-state index in [9.17, 15) is 18.0 Å². The van der Waals surface area contributed by atoms with E-state index >= 15 is 0 Å². The molecule has 120 valence electrons. The van der Waals surface area contributed by atoms with Gasteiger partial charge >= 0.3 is 6.18 Å². The lowest BCUT2D eigenvalue weighted by Crippen LogP contribution is -2.19. The first-order valence-corrected chi connectivity index (χ1v) is 6.55. The molecule has 0 aliphatic rings. The number of nitrogens with one attached hydrogen (secondary N) is 2. The first-order valence-electron chi connectivity index (χ1n) is 6.55. The first-order chi connectivity index (χ1) is 10.8. The molecule has 0 aliphatic carbocycles. The summed E-state index contributed by atoms with van der Waals surface area (Å²) in [7, 11) is 0. The molecule has 0 bridgehead atoms. The molecule has 2 N–H and O–H groups in total. The standard InChI is InChI=1S/C13H11F3N6O/c1-7-9-3-2-8(4-10(9)19-18-7)17-12(23)6-22-5-11(20-21-22)13(14,15)16/h2-5H,6H2,1H3,(H,17,23)(H,18,19). The van der Waals surface area contributed by atoms with Gasteiger partial charge in [0.15, 0.2) is 5.69 Å². The van der Waals surface area contributed by atoms with Crippen LogP contribution in [0.4, 0.5) is 18.9 Å². The summed E-state index contributed by atoms with van der Waals surface area (Å²) in [5.41, 5.74) is 0.935. The normalized spacial score (nSPS) is 11.8. The molecule has 23 heavy (non-hydrogen) atoms. The van der Waals surface area contributed by atoms with Gasteiger partial charge in [-0.1, -0.05) is 5.21 Å². The topological polar surface area (TPSA) is 88.5 Å². The lowest BCUT2D eigenvalue weighted by molar-refractivity contribution is -0.141. The Morgan fingerprint density at radius 3 is 2.87 bits per heavy atom. The second-order valence-electron chi connectivity index (χ2n) is 4.93. The zero-order valence-electron chi connectivity index (χ0n) is 11.8. The number of carbonyl (C=O) groups excluding carboxylic acids is 1. The van der Waals surface area contributed by atoms with Gasteiger partial charge in [-0.25, -0.2) is 4.68 Å². The van der Waals surface area contributed by atoms with Crippen LogP contribution in [0.3, 0.4) is 0 Å². The largest absolute Gasteiger partial charge is 0.436 e. The molecular formula is C13H11F3N6O. The number of hydrogen-bond donors (Lipinski definition) is 2. The number of anilines is 1. The van der Waals surface area contributed by atoms with E-state index < -0.39 is 17.8 Å². The molecule has 2 heterocycles. The lowest BCUT2D eigenvalue weighted by atomic mass is 10.2. The van der Waals surface area contributed by atoms with Gasteiger partial charge in [0.1, 0.15) is 6.54 Å². The second-order valence-corrected chi connectivity index (χ2v) is 4.93. The second kappa shape index (κ2) is 5.38. The summed E-state index contributed by atoms with van der Waals surface area (Å²) in [6.07, 6.45) is -3.91. The number of hydrogen-bond acceptors (Lipinski definition) is 4. The highest BCUT2D eigenvalue weighted by Gasteiger charge is 2.34. The zero-order chi connectivity index (χ0) is 16.6. The number of carbonyl (C=O) groups is 1. The van der Waals surface area contributed by atoms with Gasteiger partial charge in [-0.2, -0.15) is 18.3 Å². The van der Waals surface area contributed by atoms with E-state index in [-0.39, 0.29) is 6.54 Å². The minimum absolute atomic E-state index is 0.374. The molecular weight excluding hydrogens is 313 g/mol. The molecule has 0 unspecified atom stereocenters. The summed E-state index contributed by atoms with van der Waals surface area (Å²) in [6.45, 7) is 1.50. The monoisotopic (exact) mass is 324 g/mol. The average molecular weight is 324 g/mol. The fourth-order valence-corrected chi connectivity index (χ4v) is 2.08. The van der Waals surface area contributed by atoms with E-state index in [4.69, 9.17) is 0 Å². The lowest BCUT2D eigenvalue weighted by Gasteiger charge is -2.05. The molecule has 0 saturated heterocycles. The molecule has 0 fully saturated rings. The van der Waals surface area contributed by atoms with E-state index in [2.05, 4.69) is 25.8 Å². The maximum atomic E-state index is 12.4. The predicted octanol–water partition coefficient (Wildman–Crippen LogP) is 2.12. The van der Waals surface area contributed by atoms with Crippen molar-refractivity contribution in [2.24, 2.45) is 0 Å². The first kappa shape index (κ1) is 15.0. The van der Waals surface area contributed by atoms with E-state index in [1.807, 2.05) is 6.92 Å². The third-order valence-electron chi connectivity index (χ3n) is 3.16. The van der Waals surface area contributed by atoms with Crippen LogP contribution in [-0.2, 0) is 17.5 Å². The summed E-state index contributed by atoms with van der Waals surface area (Å²) in [6, 6.07) is 5.14. The SMILES string of the molecule is Cc1[nH]nc2cc(NC(=O)Cn3cc(C(F)(F)F)nn3)ccc12. The number of aromatic amines is 1. The molecule has 0 atom stereocenters. The molecule has 3 aromatic rings. The van der Waals surface area contributed by atoms with Crippen molar-refractivity contribution in [3.05, 3.63) is 35.8 Å². The molecule has 0 radical (unpaired) electrons. The Labute approximate surface area is 127 Å². The molecule has 0 spiro atoms. The molecule has 3 rings (SSSR count). The van der Waals surface area contributed by atoms with Crippen LogP contribution >= 0.6 is 0 Å². The van der Waals surface area contributed by atoms with Crippen LogP contribution in [0.1, 0.15) is 11.4 Å². The van der Waals surface area contributed by atoms with Crippen molar-refractivity contribution in [3.63, 3.8) is 0 Å². The number of halogens is 3. The van der Waals surface area contributed by atoms with Gasteiger partial charge in [0.2, 0.25) is 5.91 Å². The van der Waals surface area contributed by atoms with Gasteiger partial charge in [0.25, 0.3) is 0 Å². The maximum absolute atomic E-state index is 12.4. The van der Waals surface area contributed by atoms with Crippen LogP contribution in [0.15, 0.2) is 24.4 Å². The molecule has 1 aromatic carbocycles. The average Bonchev–Trinajstić information content (AvgIpc) is 3.06. The molecule has 2 aromatic heterocycles. The number of amides is 1. The number of H-pyrrole nitrogens is 1. The van der Waals surface area contributed by atoms with Crippen molar-refractivity contribution >= 4 is 22.5 Å². The van der Waals surface area contributed by atoms with Gasteiger partial charge in [-0.3, -0.25) is 9.89 Å². The van der Waals surface area contributed by atoms with Gasteiger partial charge < -0.3 is 5.32 Å². The van der Waals surface area contributed by atoms with E-state index in [0.29, 0.717) is 17.4 Å². The fourth-order valence-electron chi connectivity index (χ4n) is 2.08. The molecule has 7 nitrogen and oxygen atoms in total. The molecule has 1 amide bonds. The van der Waals surface area contributed by atoms with Crippen LogP contribution in [-0.4, -0.2) is 31.1 Å². The number of rotatable bonds is 3. The van der Waals surface area contributed by atoms with Crippen LogP contribution in [0.5, 0.6) is 0 Å². The summed E-state index contributed by atoms with van der Waals surface area (Å²) >= 11 is 0. The van der Waals surface area contributed by atoms with Crippen molar-refractivity contribution < 1.29 is 18.0 Å². The van der Waals surface area contributed by atoms with Gasteiger partial charge in [-0.15, -0.1) is 5.10 Å². The summed E-state index contributed by atoms with van der Waals surface area (Å²) in [5.74, 6) is -0.518. The molecule has 0 saturated carbocycles. The van der Waals surface area contributed by atoms with Crippen molar-refractivity contribution in [2.75, 3.05) is 5.32 Å². The van der Waals surface area contributed by atoms with Crippen LogP contribution in [0.25, 0.3) is 10.9 Å². The quantitative estimate of drug-likeness (QED) is 0.772. The Kier molecular flexibility index (Phi) is 3.51. The van der Waals surface area contributed by atoms with Crippen molar-refractivity contribution in [2.45, 2.75) is 19.6 Å². The highest BCUT2D eigenvalue weighted by Crippen LogP contribution is 2.26. The third kappa shape index (κ3) is 3.15. The third-order valence-corrected chi connectivity index (χ3v) is 3.16. The maximum Gasteiger partial charge on any atom is 0.436 e. The summed E-state index contributed by atoms with van der Waals surface area (Å²) < 4.78 is 38.1. The number of benzene rings is 1. The van der Waals surface area contributed by atoms with Crippen LogP contribution < -0.4 is 5.32 Å². The van der Waals surface area contributed by atoms with Gasteiger partial charge in [-0.05, 0) is 25.1 Å². The Morgan fingerprint density at radius 2 is 2.17 bits per heavy atom. The zero-order valence-corrected chi connectivity index (χ0v) is 11.8. The number of aromatic nitrogens is 5. The number of aryl methyl sites for hydroxylation is 1. The smallest absolute Gasteiger partial charge is 0.324 e. The predicted molar refractivity (Wildman–Crippen MR) is 74.5 cm³/mol. The van der Waals surface area contributed by atoms with Gasteiger partial charge in [0, 0.05) is 16.8 Å². The summed E-state index contributed by atoms with van der Waals surface area (Å²) in [5, 5.41) is 16.7. The Balaban J connectivity index is 1.69. The number of fused-ring (bicyclic) bond motifs is 1. The van der Waals surface area contributed by atoms with E-state index in [1.165, 1.54) is 0 Å². The Bertz CT molecular complexity index is 866. The van der Waals surface area contributed by atoms with Crippen molar-refractivity contribution in [1.82, 2.24) is 25.2 Å². The molecule has 0 aliphatic heterocycles. The van der Waals surface area contributed by atoms with Crippen molar-refractivity contribution in [3.8, 4) is 0 Å². The minimum atomic E-state index is -4.59. The fraction of sp³-hybridized carbons (Fsp3) is 0.231. The van der Waals surface area contributed by atoms with E-state index in [1.54, 1.807) is 18.2 Å². The highest BCUT2D eigenvalue weighted by molar-refractivity contribution is 5.93. The van der Waals surface area contributed by atoms with E-state index in [0.717, 1.165) is 15.8 Å². The number of alkyl halides is 3. The van der Waals surface area contributed by atoms with Crippen LogP contribution in [0, 0.1) is 6.92 Å². The van der Waals surface area contributed by atoms with Crippen LogP contribution in [0.2, 0.25) is 0 Å². The Hall–Kier alpha value is -2.91. The summed E-state index contributed by atoms with van der Waals surface area (Å²) in [4.78, 5) is 11.9. The number of nitrogens with zero attached hydrogens (tertiary/aromatic N) is 4. The van der Waals surface area contributed by atoms with Gasteiger partial charge in [0.05, 0.1) is 11.7 Å². The minimum Gasteiger partial charge on any atom is -0.324 e.